The van der Waals surface area contributed by atoms with Crippen molar-refractivity contribution in [2.45, 2.75) is 32.5 Å². The Morgan fingerprint density at radius 2 is 2.17 bits per heavy atom. The number of aromatic hydroxyl groups is 1. The molecular weight excluding hydrogens is 296 g/mol. The van der Waals surface area contributed by atoms with Gasteiger partial charge in [0.05, 0.1) is 18.2 Å². The van der Waals surface area contributed by atoms with Gasteiger partial charge in [0, 0.05) is 12.6 Å². The van der Waals surface area contributed by atoms with E-state index >= 15 is 0 Å². The summed E-state index contributed by atoms with van der Waals surface area (Å²) in [6.07, 6.45) is -0.852. The van der Waals surface area contributed by atoms with E-state index in [4.69, 9.17) is 14.7 Å². The van der Waals surface area contributed by atoms with Crippen LogP contribution in [0.15, 0.2) is 30.4 Å². The third kappa shape index (κ3) is 4.16. The topological polar surface area (TPSA) is 82.8 Å². The molecule has 23 heavy (non-hydrogen) atoms. The Hall–Kier alpha value is -2.68. The van der Waals surface area contributed by atoms with Crippen LogP contribution >= 0.6 is 0 Å². The number of likely N-dealkylation sites (tertiary alicyclic amines) is 1. The lowest BCUT2D eigenvalue weighted by Crippen LogP contribution is -2.36. The fourth-order valence-electron chi connectivity index (χ4n) is 2.17. The van der Waals surface area contributed by atoms with Crippen molar-refractivity contribution >= 4 is 6.09 Å². The largest absolute Gasteiger partial charge is 0.504 e. The molecular formula is C17H20N2O4. The Kier molecular flexibility index (Phi) is 4.50. The third-order valence-electron chi connectivity index (χ3n) is 3.24. The molecule has 1 heterocycles. The highest BCUT2D eigenvalue weighted by atomic mass is 16.6. The van der Waals surface area contributed by atoms with Crippen LogP contribution in [0.4, 0.5) is 4.79 Å². The van der Waals surface area contributed by atoms with E-state index in [9.17, 15) is 9.90 Å². The van der Waals surface area contributed by atoms with Crippen molar-refractivity contribution in [1.82, 2.24) is 4.90 Å². The highest BCUT2D eigenvalue weighted by molar-refractivity contribution is 5.69. The molecule has 1 fully saturated rings. The maximum absolute atomic E-state index is 12.1. The van der Waals surface area contributed by atoms with Gasteiger partial charge < -0.3 is 19.5 Å². The lowest BCUT2D eigenvalue weighted by molar-refractivity contribution is 0.0276. The average molecular weight is 316 g/mol. The highest BCUT2D eigenvalue weighted by Gasteiger charge is 2.33. The van der Waals surface area contributed by atoms with E-state index in [0.717, 1.165) is 5.57 Å². The van der Waals surface area contributed by atoms with Crippen LogP contribution in [0.5, 0.6) is 11.5 Å². The van der Waals surface area contributed by atoms with Crippen molar-refractivity contribution in [1.29, 1.82) is 5.26 Å². The molecule has 0 aromatic heterocycles. The van der Waals surface area contributed by atoms with Gasteiger partial charge in [-0.15, -0.1) is 0 Å². The zero-order chi connectivity index (χ0) is 17.2. The lowest BCUT2D eigenvalue weighted by Gasteiger charge is -2.24. The second kappa shape index (κ2) is 6.21. The van der Waals surface area contributed by atoms with E-state index in [-0.39, 0.29) is 11.5 Å². The Labute approximate surface area is 135 Å². The number of rotatable bonds is 2. The smallest absolute Gasteiger partial charge is 0.410 e. The molecule has 2 rings (SSSR count). The number of benzene rings is 1. The molecule has 1 aromatic rings. The van der Waals surface area contributed by atoms with Crippen LogP contribution in [0.3, 0.4) is 0 Å². The molecule has 1 saturated heterocycles. The highest BCUT2D eigenvalue weighted by Crippen LogP contribution is 2.30. The molecule has 1 amide bonds. The first-order valence-corrected chi connectivity index (χ1v) is 7.25. The number of nitriles is 1. The fraction of sp³-hybridized carbons (Fsp3) is 0.412. The van der Waals surface area contributed by atoms with E-state index in [1.165, 1.54) is 17.0 Å². The minimum atomic E-state index is -0.567. The molecule has 6 nitrogen and oxygen atoms in total. The number of phenolic OH excluding ortho intramolecular Hbond substituents is 1. The molecule has 1 unspecified atom stereocenters. The Bertz CT molecular complexity index is 670. The van der Waals surface area contributed by atoms with Crippen LogP contribution in [0, 0.1) is 11.3 Å². The van der Waals surface area contributed by atoms with Gasteiger partial charge in [-0.05, 0) is 38.5 Å². The monoisotopic (exact) mass is 316 g/mol. The molecule has 6 heteroatoms. The van der Waals surface area contributed by atoms with Gasteiger partial charge in [-0.3, -0.25) is 0 Å². The lowest BCUT2D eigenvalue weighted by atomic mass is 10.2. The normalized spacial score (nSPS) is 17.7. The van der Waals surface area contributed by atoms with Crippen molar-refractivity contribution < 1.29 is 19.4 Å². The zero-order valence-corrected chi connectivity index (χ0v) is 13.5. The van der Waals surface area contributed by atoms with E-state index in [1.54, 1.807) is 26.8 Å². The molecule has 0 bridgehead atoms. The Morgan fingerprint density at radius 1 is 1.48 bits per heavy atom. The van der Waals surface area contributed by atoms with Gasteiger partial charge >= 0.3 is 6.09 Å². The molecule has 0 radical (unpaired) electrons. The van der Waals surface area contributed by atoms with Gasteiger partial charge in [-0.25, -0.2) is 4.79 Å². The minimum absolute atomic E-state index is 0.118. The summed E-state index contributed by atoms with van der Waals surface area (Å²) in [6, 6.07) is 6.35. The summed E-state index contributed by atoms with van der Waals surface area (Å²) in [6.45, 7) is 9.97. The van der Waals surface area contributed by atoms with Crippen LogP contribution in [0.1, 0.15) is 26.3 Å². The molecule has 1 aromatic carbocycles. The van der Waals surface area contributed by atoms with Gasteiger partial charge in [0.15, 0.2) is 11.5 Å². The van der Waals surface area contributed by atoms with Gasteiger partial charge in [0.2, 0.25) is 0 Å². The minimum Gasteiger partial charge on any atom is -0.504 e. The molecule has 1 aliphatic rings. The van der Waals surface area contributed by atoms with Crippen molar-refractivity contribution in [3.63, 3.8) is 0 Å². The second-order valence-corrected chi connectivity index (χ2v) is 6.42. The summed E-state index contributed by atoms with van der Waals surface area (Å²) in [7, 11) is 0. The predicted molar refractivity (Wildman–Crippen MR) is 84.2 cm³/mol. The standard InChI is InChI=1S/C17H20N2O4/c1-11-9-19(16(21)23-17(2,3)4)10-15(11)22-14-6-5-12(8-18)7-13(14)20/h5-7,15,20H,1,9-10H2,2-4H3. The Morgan fingerprint density at radius 3 is 2.74 bits per heavy atom. The van der Waals surface area contributed by atoms with E-state index < -0.39 is 17.8 Å². The number of nitrogens with zero attached hydrogens (tertiary/aromatic N) is 2. The maximum atomic E-state index is 12.1. The Balaban J connectivity index is 2.04. The van der Waals surface area contributed by atoms with Crippen LogP contribution < -0.4 is 4.74 Å². The van der Waals surface area contributed by atoms with E-state index in [0.29, 0.717) is 18.7 Å². The number of hydrogen-bond donors (Lipinski definition) is 1. The summed E-state index contributed by atoms with van der Waals surface area (Å²) in [5.41, 5.74) is 0.498. The zero-order valence-electron chi connectivity index (χ0n) is 13.5. The molecule has 0 saturated carbocycles. The van der Waals surface area contributed by atoms with Crippen LogP contribution in [-0.4, -0.2) is 40.9 Å². The van der Waals surface area contributed by atoms with Gasteiger partial charge in [0.25, 0.3) is 0 Å². The van der Waals surface area contributed by atoms with Gasteiger partial charge in [0.1, 0.15) is 11.7 Å². The van der Waals surface area contributed by atoms with Crippen LogP contribution in [0.2, 0.25) is 0 Å². The summed E-state index contributed by atoms with van der Waals surface area (Å²) in [5, 5.41) is 18.7. The van der Waals surface area contributed by atoms with Crippen LogP contribution in [-0.2, 0) is 4.74 Å². The number of ether oxygens (including phenoxy) is 2. The molecule has 1 aliphatic heterocycles. The molecule has 122 valence electrons. The first-order valence-electron chi connectivity index (χ1n) is 7.25. The van der Waals surface area contributed by atoms with Crippen LogP contribution in [0.25, 0.3) is 0 Å². The summed E-state index contributed by atoms with van der Waals surface area (Å²) >= 11 is 0. The predicted octanol–water partition coefficient (Wildman–Crippen LogP) is 2.82. The SMILES string of the molecule is C=C1CN(C(=O)OC(C)(C)C)CC1Oc1ccc(C#N)cc1O. The number of carbonyl (C=O) groups is 1. The number of hydrogen-bond acceptors (Lipinski definition) is 5. The van der Waals surface area contributed by atoms with Crippen molar-refractivity contribution in [2.75, 3.05) is 13.1 Å². The first-order chi connectivity index (χ1) is 10.7. The van der Waals surface area contributed by atoms with Crippen molar-refractivity contribution in [3.8, 4) is 17.6 Å². The summed E-state index contributed by atoms with van der Waals surface area (Å²) < 4.78 is 11.0. The molecule has 1 N–H and O–H groups in total. The molecule has 0 aliphatic carbocycles. The summed E-state index contributed by atoms with van der Waals surface area (Å²) in [4.78, 5) is 13.6. The van der Waals surface area contributed by atoms with Crippen molar-refractivity contribution in [2.24, 2.45) is 0 Å². The van der Waals surface area contributed by atoms with Gasteiger partial charge in [-0.2, -0.15) is 5.26 Å². The number of amides is 1. The third-order valence-corrected chi connectivity index (χ3v) is 3.24. The fourth-order valence-corrected chi connectivity index (χ4v) is 2.17. The summed E-state index contributed by atoms with van der Waals surface area (Å²) in [5.74, 6) is 0.133. The number of phenols is 1. The van der Waals surface area contributed by atoms with Gasteiger partial charge in [-0.1, -0.05) is 6.58 Å². The van der Waals surface area contributed by atoms with Crippen molar-refractivity contribution in [3.05, 3.63) is 35.9 Å². The maximum Gasteiger partial charge on any atom is 0.410 e. The first kappa shape index (κ1) is 16.7. The average Bonchev–Trinajstić information content (AvgIpc) is 2.81. The number of carbonyl (C=O) groups excluding carboxylic acids is 1. The molecule has 1 atom stereocenters. The quantitative estimate of drug-likeness (QED) is 0.848. The van der Waals surface area contributed by atoms with E-state index in [1.807, 2.05) is 6.07 Å². The molecule has 0 spiro atoms. The second-order valence-electron chi connectivity index (χ2n) is 6.42. The van der Waals surface area contributed by atoms with E-state index in [2.05, 4.69) is 6.58 Å².